The number of benzene rings is 1. The summed E-state index contributed by atoms with van der Waals surface area (Å²) in [5.41, 5.74) is -0.412. The fourth-order valence-corrected chi connectivity index (χ4v) is 1.67. The molecule has 0 saturated heterocycles. The van der Waals surface area contributed by atoms with Crippen LogP contribution < -0.4 is 0 Å². The van der Waals surface area contributed by atoms with E-state index in [1.807, 2.05) is 0 Å². The molecule has 0 aromatic heterocycles. The Morgan fingerprint density at radius 2 is 1.77 bits per heavy atom. The zero-order valence-electron chi connectivity index (χ0n) is 13.2. The van der Waals surface area contributed by atoms with Gasteiger partial charge in [0, 0.05) is 24.2 Å². The first kappa shape index (κ1) is 17.6. The second-order valence-electron chi connectivity index (χ2n) is 5.72. The third kappa shape index (κ3) is 5.16. The second-order valence-corrected chi connectivity index (χ2v) is 5.72. The van der Waals surface area contributed by atoms with Crippen molar-refractivity contribution in [2.45, 2.75) is 33.3 Å². The number of nitro groups is 1. The van der Waals surface area contributed by atoms with Gasteiger partial charge in [0.15, 0.2) is 5.78 Å². The first-order chi connectivity index (χ1) is 10.1. The SMILES string of the molecule is CCN(CC(=O)c1ccc([N+](=O)[O-])cc1)C(=O)OC(C)(C)C. The number of likely N-dealkylation sites (N-methyl/N-ethyl adjacent to an activating group) is 1. The normalized spacial score (nSPS) is 10.9. The Labute approximate surface area is 129 Å². The number of nitro benzene ring substituents is 1. The molecule has 1 amide bonds. The van der Waals surface area contributed by atoms with E-state index in [2.05, 4.69) is 0 Å². The number of rotatable bonds is 5. The van der Waals surface area contributed by atoms with Gasteiger partial charge in [-0.3, -0.25) is 14.9 Å². The molecule has 0 radical (unpaired) electrons. The minimum Gasteiger partial charge on any atom is -0.444 e. The van der Waals surface area contributed by atoms with Crippen molar-refractivity contribution in [1.29, 1.82) is 0 Å². The van der Waals surface area contributed by atoms with Crippen molar-refractivity contribution in [2.24, 2.45) is 0 Å². The maximum absolute atomic E-state index is 12.1. The van der Waals surface area contributed by atoms with Crippen molar-refractivity contribution >= 4 is 17.6 Å². The Morgan fingerprint density at radius 3 is 2.18 bits per heavy atom. The summed E-state index contributed by atoms with van der Waals surface area (Å²) < 4.78 is 5.22. The third-order valence-corrected chi connectivity index (χ3v) is 2.77. The van der Waals surface area contributed by atoms with Crippen molar-refractivity contribution < 1.29 is 19.2 Å². The lowest BCUT2D eigenvalue weighted by Gasteiger charge is -2.26. The van der Waals surface area contributed by atoms with Crippen LogP contribution in [-0.2, 0) is 4.74 Å². The van der Waals surface area contributed by atoms with E-state index in [0.29, 0.717) is 12.1 Å². The van der Waals surface area contributed by atoms with Crippen molar-refractivity contribution in [3.8, 4) is 0 Å². The van der Waals surface area contributed by atoms with Crippen LogP contribution in [-0.4, -0.2) is 40.4 Å². The van der Waals surface area contributed by atoms with Gasteiger partial charge in [-0.05, 0) is 39.8 Å². The number of ketones is 1. The zero-order chi connectivity index (χ0) is 16.9. The molecule has 0 unspecified atom stereocenters. The number of amides is 1. The number of Topliss-reactive ketones (excluding diaryl/α,β-unsaturated/α-hetero) is 1. The average Bonchev–Trinajstić information content (AvgIpc) is 2.42. The molecule has 1 rings (SSSR count). The highest BCUT2D eigenvalue weighted by molar-refractivity contribution is 5.99. The van der Waals surface area contributed by atoms with Gasteiger partial charge in [-0.15, -0.1) is 0 Å². The van der Waals surface area contributed by atoms with Crippen LogP contribution in [0.15, 0.2) is 24.3 Å². The first-order valence-electron chi connectivity index (χ1n) is 6.89. The van der Waals surface area contributed by atoms with Gasteiger partial charge in [0.05, 0.1) is 11.5 Å². The van der Waals surface area contributed by atoms with Crippen LogP contribution in [0.3, 0.4) is 0 Å². The first-order valence-corrected chi connectivity index (χ1v) is 6.89. The Bertz CT molecular complexity index is 560. The van der Waals surface area contributed by atoms with Gasteiger partial charge >= 0.3 is 6.09 Å². The third-order valence-electron chi connectivity index (χ3n) is 2.77. The molecule has 120 valence electrons. The van der Waals surface area contributed by atoms with Gasteiger partial charge in [0.1, 0.15) is 5.60 Å². The van der Waals surface area contributed by atoms with Crippen LogP contribution >= 0.6 is 0 Å². The summed E-state index contributed by atoms with van der Waals surface area (Å²) in [5.74, 6) is -0.303. The maximum atomic E-state index is 12.1. The highest BCUT2D eigenvalue weighted by Crippen LogP contribution is 2.14. The van der Waals surface area contributed by atoms with E-state index < -0.39 is 16.6 Å². The summed E-state index contributed by atoms with van der Waals surface area (Å²) in [4.78, 5) is 35.4. The van der Waals surface area contributed by atoms with Crippen molar-refractivity contribution in [2.75, 3.05) is 13.1 Å². The summed E-state index contributed by atoms with van der Waals surface area (Å²) in [7, 11) is 0. The molecular weight excluding hydrogens is 288 g/mol. The van der Waals surface area contributed by atoms with Crippen LogP contribution in [0.1, 0.15) is 38.1 Å². The molecule has 0 saturated carbocycles. The average molecular weight is 308 g/mol. The van der Waals surface area contributed by atoms with E-state index in [1.165, 1.54) is 29.2 Å². The van der Waals surface area contributed by atoms with Crippen LogP contribution in [0.5, 0.6) is 0 Å². The van der Waals surface area contributed by atoms with Crippen molar-refractivity contribution in [3.63, 3.8) is 0 Å². The maximum Gasteiger partial charge on any atom is 0.410 e. The topological polar surface area (TPSA) is 89.8 Å². The number of non-ortho nitro benzene ring substituents is 1. The summed E-state index contributed by atoms with van der Waals surface area (Å²) in [6.45, 7) is 7.18. The van der Waals surface area contributed by atoms with E-state index in [9.17, 15) is 19.7 Å². The Morgan fingerprint density at radius 1 is 1.23 bits per heavy atom. The molecular formula is C15H20N2O5. The van der Waals surface area contributed by atoms with Gasteiger partial charge in [-0.2, -0.15) is 0 Å². The van der Waals surface area contributed by atoms with Crippen LogP contribution in [0, 0.1) is 10.1 Å². The molecule has 0 bridgehead atoms. The summed E-state index contributed by atoms with van der Waals surface area (Å²) in [5, 5.41) is 10.6. The number of ether oxygens (including phenoxy) is 1. The Kier molecular flexibility index (Phi) is 5.62. The molecule has 1 aromatic carbocycles. The molecule has 0 aliphatic heterocycles. The quantitative estimate of drug-likeness (QED) is 0.474. The molecule has 0 N–H and O–H groups in total. The molecule has 1 aromatic rings. The molecule has 7 heteroatoms. The van der Waals surface area contributed by atoms with Gasteiger partial charge in [0.25, 0.3) is 5.69 Å². The fraction of sp³-hybridized carbons (Fsp3) is 0.467. The number of carbonyl (C=O) groups is 2. The number of hydrogen-bond donors (Lipinski definition) is 0. The molecule has 0 spiro atoms. The molecule has 0 fully saturated rings. The predicted octanol–water partition coefficient (Wildman–Crippen LogP) is 3.03. The van der Waals surface area contributed by atoms with E-state index >= 15 is 0 Å². The van der Waals surface area contributed by atoms with Crippen LogP contribution in [0.25, 0.3) is 0 Å². The molecule has 0 atom stereocenters. The minimum atomic E-state index is -0.638. The van der Waals surface area contributed by atoms with E-state index in [4.69, 9.17) is 4.74 Å². The minimum absolute atomic E-state index is 0.0870. The highest BCUT2D eigenvalue weighted by atomic mass is 16.6. The number of carbonyl (C=O) groups excluding carboxylic acids is 2. The Balaban J connectivity index is 2.76. The molecule has 0 aliphatic carbocycles. The summed E-state index contributed by atoms with van der Waals surface area (Å²) in [6.07, 6.45) is -0.565. The summed E-state index contributed by atoms with van der Waals surface area (Å²) in [6, 6.07) is 5.28. The lowest BCUT2D eigenvalue weighted by atomic mass is 10.1. The standard InChI is InChI=1S/C15H20N2O5/c1-5-16(14(19)22-15(2,3)4)10-13(18)11-6-8-12(9-7-11)17(20)21/h6-9H,5,10H2,1-4H3. The second kappa shape index (κ2) is 7.02. The van der Waals surface area contributed by atoms with E-state index in [1.54, 1.807) is 27.7 Å². The molecule has 7 nitrogen and oxygen atoms in total. The van der Waals surface area contributed by atoms with Crippen molar-refractivity contribution in [1.82, 2.24) is 4.90 Å². The summed E-state index contributed by atoms with van der Waals surface area (Å²) >= 11 is 0. The van der Waals surface area contributed by atoms with Crippen LogP contribution in [0.4, 0.5) is 10.5 Å². The van der Waals surface area contributed by atoms with Gasteiger partial charge in [0.2, 0.25) is 0 Å². The lowest BCUT2D eigenvalue weighted by Crippen LogP contribution is -2.39. The molecule has 22 heavy (non-hydrogen) atoms. The number of nitrogens with zero attached hydrogens (tertiary/aromatic N) is 2. The zero-order valence-corrected chi connectivity index (χ0v) is 13.2. The molecule has 0 heterocycles. The predicted molar refractivity (Wildman–Crippen MR) is 80.9 cm³/mol. The monoisotopic (exact) mass is 308 g/mol. The van der Waals surface area contributed by atoms with Gasteiger partial charge in [-0.1, -0.05) is 0 Å². The van der Waals surface area contributed by atoms with Crippen molar-refractivity contribution in [3.05, 3.63) is 39.9 Å². The lowest BCUT2D eigenvalue weighted by molar-refractivity contribution is -0.384. The largest absolute Gasteiger partial charge is 0.444 e. The Hall–Kier alpha value is -2.44. The van der Waals surface area contributed by atoms with Gasteiger partial charge in [-0.25, -0.2) is 4.79 Å². The smallest absolute Gasteiger partial charge is 0.410 e. The van der Waals surface area contributed by atoms with Gasteiger partial charge < -0.3 is 9.64 Å². The fourth-order valence-electron chi connectivity index (χ4n) is 1.67. The van der Waals surface area contributed by atoms with Crippen LogP contribution in [0.2, 0.25) is 0 Å². The van der Waals surface area contributed by atoms with E-state index in [0.717, 1.165) is 0 Å². The molecule has 0 aliphatic rings. The number of hydrogen-bond acceptors (Lipinski definition) is 5. The highest BCUT2D eigenvalue weighted by Gasteiger charge is 2.23. The van der Waals surface area contributed by atoms with E-state index in [-0.39, 0.29) is 18.0 Å².